The average molecular weight is 336 g/mol. The van der Waals surface area contributed by atoms with Crippen LogP contribution in [0, 0.1) is 18.3 Å². The van der Waals surface area contributed by atoms with Gasteiger partial charge in [0.1, 0.15) is 0 Å². The van der Waals surface area contributed by atoms with Crippen LogP contribution < -0.4 is 0 Å². The summed E-state index contributed by atoms with van der Waals surface area (Å²) in [4.78, 5) is 14.3. The highest BCUT2D eigenvalue weighted by molar-refractivity contribution is 6.31. The van der Waals surface area contributed by atoms with Gasteiger partial charge in [-0.2, -0.15) is 0 Å². The molecule has 0 aromatic heterocycles. The minimum atomic E-state index is -0.222. The lowest BCUT2D eigenvalue weighted by atomic mass is 9.76. The lowest BCUT2D eigenvalue weighted by Crippen LogP contribution is -2.58. The van der Waals surface area contributed by atoms with Gasteiger partial charge in [0.25, 0.3) is 0 Å². The zero-order valence-electron chi connectivity index (χ0n) is 14.0. The van der Waals surface area contributed by atoms with Gasteiger partial charge in [0.05, 0.1) is 12.5 Å². The van der Waals surface area contributed by atoms with Crippen LogP contribution in [0.2, 0.25) is 5.02 Å². The van der Waals surface area contributed by atoms with Crippen molar-refractivity contribution < 1.29 is 9.90 Å². The number of aliphatic hydroxyl groups is 1. The van der Waals surface area contributed by atoms with Gasteiger partial charge in [-0.3, -0.25) is 4.79 Å². The fourth-order valence-corrected chi connectivity index (χ4v) is 4.57. The first-order valence-corrected chi connectivity index (χ1v) is 9.02. The summed E-state index contributed by atoms with van der Waals surface area (Å²) < 4.78 is 0. The molecule has 1 aliphatic carbocycles. The van der Waals surface area contributed by atoms with Crippen molar-refractivity contribution >= 4 is 17.5 Å². The van der Waals surface area contributed by atoms with Crippen molar-refractivity contribution in [3.8, 4) is 0 Å². The Morgan fingerprint density at radius 3 is 2.87 bits per heavy atom. The van der Waals surface area contributed by atoms with Crippen LogP contribution in [0.3, 0.4) is 0 Å². The first kappa shape index (κ1) is 16.8. The first-order chi connectivity index (χ1) is 11.0. The third-order valence-corrected chi connectivity index (χ3v) is 6.29. The molecule has 4 heteroatoms. The van der Waals surface area contributed by atoms with Crippen LogP contribution in [0.25, 0.3) is 0 Å². The number of carbonyl (C=O) groups excluding carboxylic acids is 1. The van der Waals surface area contributed by atoms with Crippen molar-refractivity contribution in [2.45, 2.75) is 45.4 Å². The number of benzene rings is 1. The predicted molar refractivity (Wildman–Crippen MR) is 92.7 cm³/mol. The van der Waals surface area contributed by atoms with Crippen molar-refractivity contribution in [1.82, 2.24) is 4.90 Å². The molecule has 3 nitrogen and oxygen atoms in total. The van der Waals surface area contributed by atoms with Crippen LogP contribution in [0.1, 0.15) is 49.7 Å². The van der Waals surface area contributed by atoms with Crippen LogP contribution in [0.15, 0.2) is 18.2 Å². The van der Waals surface area contributed by atoms with Crippen molar-refractivity contribution in [2.75, 3.05) is 19.7 Å². The third kappa shape index (κ3) is 3.01. The maximum Gasteiger partial charge on any atom is 0.228 e. The monoisotopic (exact) mass is 335 g/mol. The topological polar surface area (TPSA) is 40.5 Å². The summed E-state index contributed by atoms with van der Waals surface area (Å²) in [5, 5.41) is 10.2. The average Bonchev–Trinajstić information content (AvgIpc) is 2.95. The Hall–Kier alpha value is -1.06. The smallest absolute Gasteiger partial charge is 0.228 e. The molecule has 1 spiro atoms. The Bertz CT molecular complexity index is 591. The van der Waals surface area contributed by atoms with Crippen LogP contribution in [-0.2, 0) is 4.79 Å². The van der Waals surface area contributed by atoms with Gasteiger partial charge in [-0.1, -0.05) is 30.7 Å². The molecule has 0 bridgehead atoms. The fraction of sp³-hybridized carbons (Fsp3) is 0.632. The normalized spacial score (nSPS) is 23.8. The summed E-state index contributed by atoms with van der Waals surface area (Å²) >= 11 is 6.27. The van der Waals surface area contributed by atoms with Crippen LogP contribution >= 0.6 is 11.6 Å². The summed E-state index contributed by atoms with van der Waals surface area (Å²) in [6.45, 7) is 5.74. The highest BCUT2D eigenvalue weighted by atomic mass is 35.5. The number of nitrogens with zero attached hydrogens (tertiary/aromatic N) is 1. The number of hydrogen-bond donors (Lipinski definition) is 1. The number of carbonyl (C=O) groups is 1. The number of amides is 1. The second-order valence-electron chi connectivity index (χ2n) is 7.38. The summed E-state index contributed by atoms with van der Waals surface area (Å²) in [7, 11) is 0. The Morgan fingerprint density at radius 2 is 2.22 bits per heavy atom. The molecule has 1 unspecified atom stereocenters. The van der Waals surface area contributed by atoms with E-state index in [-0.39, 0.29) is 18.4 Å². The summed E-state index contributed by atoms with van der Waals surface area (Å²) in [6, 6.07) is 6.19. The third-order valence-electron chi connectivity index (χ3n) is 5.88. The van der Waals surface area contributed by atoms with E-state index in [1.807, 2.05) is 24.0 Å². The van der Waals surface area contributed by atoms with Crippen LogP contribution in [0.4, 0.5) is 0 Å². The highest BCUT2D eigenvalue weighted by Crippen LogP contribution is 2.52. The first-order valence-electron chi connectivity index (χ1n) is 8.64. The number of likely N-dealkylation sites (tertiary alicyclic amines) is 1. The number of halogens is 1. The molecule has 1 aromatic rings. The molecule has 126 valence electrons. The zero-order chi connectivity index (χ0) is 16.6. The standard InChI is InChI=1S/C19H26ClNO2/c1-3-14(10-22)18(23)21-11-19(12-21)8-7-15(9-19)16-5-4-6-17(20)13(16)2/h4-6,14-15,22H,3,7-12H2,1-2H3/t14-,15?/m1/s1. The molecule has 1 aliphatic heterocycles. The second kappa shape index (κ2) is 6.45. The second-order valence-corrected chi connectivity index (χ2v) is 7.78. The van der Waals surface area contributed by atoms with Crippen molar-refractivity contribution in [2.24, 2.45) is 11.3 Å². The largest absolute Gasteiger partial charge is 0.396 e. The van der Waals surface area contributed by atoms with Gasteiger partial charge in [0, 0.05) is 23.5 Å². The summed E-state index contributed by atoms with van der Waals surface area (Å²) in [5.41, 5.74) is 2.87. The summed E-state index contributed by atoms with van der Waals surface area (Å²) in [6.07, 6.45) is 4.22. The van der Waals surface area contributed by atoms with E-state index in [1.165, 1.54) is 24.0 Å². The molecular weight excluding hydrogens is 310 g/mol. The molecule has 2 atom stereocenters. The fourth-order valence-electron chi connectivity index (χ4n) is 4.39. The SMILES string of the molecule is CC[C@H](CO)C(=O)N1CC2(CCC(c3cccc(Cl)c3C)C2)C1. The van der Waals surface area contributed by atoms with E-state index in [2.05, 4.69) is 13.0 Å². The lowest BCUT2D eigenvalue weighted by molar-refractivity contribution is -0.149. The van der Waals surface area contributed by atoms with E-state index in [4.69, 9.17) is 11.6 Å². The van der Waals surface area contributed by atoms with Gasteiger partial charge in [-0.25, -0.2) is 0 Å². The van der Waals surface area contributed by atoms with Gasteiger partial charge in [0.2, 0.25) is 5.91 Å². The van der Waals surface area contributed by atoms with Gasteiger partial charge < -0.3 is 10.0 Å². The van der Waals surface area contributed by atoms with E-state index in [9.17, 15) is 9.90 Å². The molecule has 1 saturated carbocycles. The number of rotatable bonds is 4. The summed E-state index contributed by atoms with van der Waals surface area (Å²) in [5.74, 6) is 0.466. The van der Waals surface area contributed by atoms with E-state index in [0.29, 0.717) is 17.8 Å². The Kier molecular flexibility index (Phi) is 4.70. The molecule has 1 aromatic carbocycles. The Morgan fingerprint density at radius 1 is 1.48 bits per heavy atom. The van der Waals surface area contributed by atoms with Crippen LogP contribution in [0.5, 0.6) is 0 Å². The molecule has 23 heavy (non-hydrogen) atoms. The van der Waals surface area contributed by atoms with Gasteiger partial charge in [0.15, 0.2) is 0 Å². The van der Waals surface area contributed by atoms with Crippen LogP contribution in [-0.4, -0.2) is 35.6 Å². The maximum atomic E-state index is 12.3. The van der Waals surface area contributed by atoms with E-state index < -0.39 is 0 Å². The maximum absolute atomic E-state index is 12.3. The minimum Gasteiger partial charge on any atom is -0.396 e. The molecule has 1 amide bonds. The van der Waals surface area contributed by atoms with Crippen molar-refractivity contribution in [3.05, 3.63) is 34.3 Å². The van der Waals surface area contributed by atoms with E-state index in [1.54, 1.807) is 0 Å². The molecule has 2 aliphatic rings. The molecular formula is C19H26ClNO2. The predicted octanol–water partition coefficient (Wildman–Crippen LogP) is 3.76. The van der Waals surface area contributed by atoms with Gasteiger partial charge >= 0.3 is 0 Å². The molecule has 3 rings (SSSR count). The Balaban J connectivity index is 1.63. The van der Waals surface area contributed by atoms with Crippen molar-refractivity contribution in [3.63, 3.8) is 0 Å². The number of aliphatic hydroxyl groups excluding tert-OH is 1. The van der Waals surface area contributed by atoms with Crippen molar-refractivity contribution in [1.29, 1.82) is 0 Å². The molecule has 0 radical (unpaired) electrons. The molecule has 1 saturated heterocycles. The minimum absolute atomic E-state index is 0.0385. The van der Waals surface area contributed by atoms with E-state index >= 15 is 0 Å². The highest BCUT2D eigenvalue weighted by Gasteiger charge is 2.50. The van der Waals surface area contributed by atoms with Gasteiger partial charge in [-0.05, 0) is 55.7 Å². The van der Waals surface area contributed by atoms with Gasteiger partial charge in [-0.15, -0.1) is 0 Å². The Labute approximate surface area is 143 Å². The number of hydrogen-bond acceptors (Lipinski definition) is 2. The lowest BCUT2D eigenvalue weighted by Gasteiger charge is -2.49. The zero-order valence-corrected chi connectivity index (χ0v) is 14.8. The quantitative estimate of drug-likeness (QED) is 0.910. The molecule has 1 heterocycles. The van der Waals surface area contributed by atoms with E-state index in [0.717, 1.165) is 24.5 Å². The molecule has 2 fully saturated rings. The molecule has 1 N–H and O–H groups in total.